The SMILES string of the molecule is NC(=O)N(CCC(c1ccccc1)c1ccccc1)Cc1ccccc1. The molecule has 0 atom stereocenters. The van der Waals surface area contributed by atoms with Gasteiger partial charge in [-0.2, -0.15) is 0 Å². The predicted octanol–water partition coefficient (Wildman–Crippen LogP) is 4.79. The first-order chi connectivity index (χ1) is 12.7. The standard InChI is InChI=1S/C23H24N2O/c24-23(26)25(18-19-10-4-1-5-11-19)17-16-22(20-12-6-2-7-13-20)21-14-8-3-9-15-21/h1-15,22H,16-18H2,(H2,24,26). The van der Waals surface area contributed by atoms with Crippen molar-refractivity contribution in [3.8, 4) is 0 Å². The molecule has 2 amide bonds. The lowest BCUT2D eigenvalue weighted by molar-refractivity contribution is 0.203. The fourth-order valence-corrected chi connectivity index (χ4v) is 3.25. The molecule has 3 nitrogen and oxygen atoms in total. The molecule has 0 aliphatic carbocycles. The molecule has 0 saturated heterocycles. The van der Waals surface area contributed by atoms with Crippen LogP contribution in [0.1, 0.15) is 29.0 Å². The summed E-state index contributed by atoms with van der Waals surface area (Å²) < 4.78 is 0. The highest BCUT2D eigenvalue weighted by Crippen LogP contribution is 2.28. The number of nitrogens with two attached hydrogens (primary N) is 1. The summed E-state index contributed by atoms with van der Waals surface area (Å²) in [5, 5.41) is 0. The van der Waals surface area contributed by atoms with Gasteiger partial charge in [-0.15, -0.1) is 0 Å². The van der Waals surface area contributed by atoms with Crippen molar-refractivity contribution in [2.45, 2.75) is 18.9 Å². The minimum absolute atomic E-state index is 0.232. The summed E-state index contributed by atoms with van der Waals surface area (Å²) in [6, 6.07) is 30.4. The molecule has 0 aliphatic heterocycles. The third-order valence-electron chi connectivity index (χ3n) is 4.62. The van der Waals surface area contributed by atoms with Crippen LogP contribution in [-0.2, 0) is 6.54 Å². The molecular weight excluding hydrogens is 320 g/mol. The fourth-order valence-electron chi connectivity index (χ4n) is 3.25. The zero-order valence-electron chi connectivity index (χ0n) is 14.8. The van der Waals surface area contributed by atoms with E-state index < -0.39 is 0 Å². The lowest BCUT2D eigenvalue weighted by Gasteiger charge is -2.24. The number of amides is 2. The fraction of sp³-hybridized carbons (Fsp3) is 0.174. The Morgan fingerprint density at radius 3 is 1.69 bits per heavy atom. The van der Waals surface area contributed by atoms with Crippen LogP contribution in [0.2, 0.25) is 0 Å². The van der Waals surface area contributed by atoms with Crippen molar-refractivity contribution >= 4 is 6.03 Å². The highest BCUT2D eigenvalue weighted by Gasteiger charge is 2.17. The van der Waals surface area contributed by atoms with Crippen LogP contribution in [0.3, 0.4) is 0 Å². The first-order valence-corrected chi connectivity index (χ1v) is 8.92. The summed E-state index contributed by atoms with van der Waals surface area (Å²) >= 11 is 0. The van der Waals surface area contributed by atoms with Crippen molar-refractivity contribution in [1.82, 2.24) is 4.90 Å². The minimum atomic E-state index is -0.381. The van der Waals surface area contributed by atoms with E-state index in [-0.39, 0.29) is 11.9 Å². The average Bonchev–Trinajstić information content (AvgIpc) is 2.69. The summed E-state index contributed by atoms with van der Waals surface area (Å²) in [6.45, 7) is 1.14. The third kappa shape index (κ3) is 4.73. The zero-order chi connectivity index (χ0) is 18.2. The summed E-state index contributed by atoms with van der Waals surface area (Å²) in [7, 11) is 0. The lowest BCUT2D eigenvalue weighted by atomic mass is 9.88. The molecule has 3 aromatic rings. The first-order valence-electron chi connectivity index (χ1n) is 8.92. The van der Waals surface area contributed by atoms with Gasteiger partial charge in [-0.3, -0.25) is 0 Å². The van der Waals surface area contributed by atoms with Crippen LogP contribution in [0.15, 0.2) is 91.0 Å². The molecule has 0 fully saturated rings. The second-order valence-corrected chi connectivity index (χ2v) is 6.41. The number of rotatable bonds is 7. The Balaban J connectivity index is 1.76. The maximum atomic E-state index is 11.9. The number of benzene rings is 3. The number of hydrogen-bond donors (Lipinski definition) is 1. The molecule has 0 saturated carbocycles. The van der Waals surface area contributed by atoms with Crippen LogP contribution in [0, 0.1) is 0 Å². The molecule has 3 rings (SSSR count). The van der Waals surface area contributed by atoms with E-state index in [9.17, 15) is 4.79 Å². The van der Waals surface area contributed by atoms with Crippen molar-refractivity contribution in [2.24, 2.45) is 5.73 Å². The number of carbonyl (C=O) groups is 1. The average molecular weight is 344 g/mol. The summed E-state index contributed by atoms with van der Waals surface area (Å²) in [6.07, 6.45) is 0.823. The van der Waals surface area contributed by atoms with E-state index in [1.165, 1.54) is 11.1 Å². The van der Waals surface area contributed by atoms with E-state index in [0.717, 1.165) is 12.0 Å². The lowest BCUT2D eigenvalue weighted by Crippen LogP contribution is -2.36. The van der Waals surface area contributed by atoms with Crippen molar-refractivity contribution in [2.75, 3.05) is 6.54 Å². The Bertz CT molecular complexity index is 764. The predicted molar refractivity (Wildman–Crippen MR) is 106 cm³/mol. The van der Waals surface area contributed by atoms with E-state index in [1.54, 1.807) is 4.90 Å². The van der Waals surface area contributed by atoms with Gasteiger partial charge in [0.2, 0.25) is 0 Å². The van der Waals surface area contributed by atoms with Crippen LogP contribution in [0.25, 0.3) is 0 Å². The van der Waals surface area contributed by atoms with Crippen LogP contribution in [0.4, 0.5) is 4.79 Å². The summed E-state index contributed by atoms with van der Waals surface area (Å²) in [4.78, 5) is 13.7. The molecule has 3 aromatic carbocycles. The van der Waals surface area contributed by atoms with Gasteiger partial charge >= 0.3 is 6.03 Å². The Morgan fingerprint density at radius 1 is 0.769 bits per heavy atom. The smallest absolute Gasteiger partial charge is 0.315 e. The van der Waals surface area contributed by atoms with Gasteiger partial charge in [0.25, 0.3) is 0 Å². The number of hydrogen-bond acceptors (Lipinski definition) is 1. The monoisotopic (exact) mass is 344 g/mol. The number of primary amides is 1. The van der Waals surface area contributed by atoms with Crippen molar-refractivity contribution in [3.05, 3.63) is 108 Å². The molecule has 0 radical (unpaired) electrons. The molecule has 0 unspecified atom stereocenters. The summed E-state index contributed by atoms with van der Waals surface area (Å²) in [5.41, 5.74) is 9.23. The first kappa shape index (κ1) is 17.7. The van der Waals surface area contributed by atoms with Gasteiger partial charge in [0.1, 0.15) is 0 Å². The van der Waals surface area contributed by atoms with Gasteiger partial charge in [-0.1, -0.05) is 91.0 Å². The molecule has 0 aromatic heterocycles. The van der Waals surface area contributed by atoms with Crippen LogP contribution in [0.5, 0.6) is 0 Å². The Kier molecular flexibility index (Phi) is 6.05. The molecule has 26 heavy (non-hydrogen) atoms. The Labute approximate surface area is 155 Å². The maximum absolute atomic E-state index is 11.9. The largest absolute Gasteiger partial charge is 0.351 e. The molecule has 2 N–H and O–H groups in total. The molecule has 0 heterocycles. The van der Waals surface area contributed by atoms with Gasteiger partial charge in [0.15, 0.2) is 0 Å². The second-order valence-electron chi connectivity index (χ2n) is 6.41. The third-order valence-corrected chi connectivity index (χ3v) is 4.62. The van der Waals surface area contributed by atoms with E-state index in [4.69, 9.17) is 5.73 Å². The zero-order valence-corrected chi connectivity index (χ0v) is 14.8. The Hall–Kier alpha value is -3.07. The topological polar surface area (TPSA) is 46.3 Å². The van der Waals surface area contributed by atoms with E-state index >= 15 is 0 Å². The van der Waals surface area contributed by atoms with Crippen LogP contribution in [-0.4, -0.2) is 17.5 Å². The molecule has 0 bridgehead atoms. The van der Waals surface area contributed by atoms with Gasteiger partial charge in [0, 0.05) is 19.0 Å². The van der Waals surface area contributed by atoms with Crippen molar-refractivity contribution in [3.63, 3.8) is 0 Å². The highest BCUT2D eigenvalue weighted by molar-refractivity contribution is 5.72. The molecule has 0 aliphatic rings. The molecule has 0 spiro atoms. The highest BCUT2D eigenvalue weighted by atomic mass is 16.2. The van der Waals surface area contributed by atoms with Gasteiger partial charge in [0.05, 0.1) is 0 Å². The normalized spacial score (nSPS) is 10.7. The van der Waals surface area contributed by atoms with Crippen LogP contribution < -0.4 is 5.73 Å². The van der Waals surface area contributed by atoms with Gasteiger partial charge in [-0.05, 0) is 23.1 Å². The van der Waals surface area contributed by atoms with Gasteiger partial charge in [-0.25, -0.2) is 4.79 Å². The number of urea groups is 1. The molecular formula is C23H24N2O. The van der Waals surface area contributed by atoms with Crippen molar-refractivity contribution < 1.29 is 4.79 Å². The van der Waals surface area contributed by atoms with E-state index in [2.05, 4.69) is 48.5 Å². The molecule has 3 heteroatoms. The Morgan fingerprint density at radius 2 is 1.23 bits per heavy atom. The summed E-state index contributed by atoms with van der Waals surface area (Å²) in [5.74, 6) is 0.232. The quantitative estimate of drug-likeness (QED) is 0.658. The van der Waals surface area contributed by atoms with E-state index in [0.29, 0.717) is 13.1 Å². The number of carbonyl (C=O) groups excluding carboxylic acids is 1. The maximum Gasteiger partial charge on any atom is 0.315 e. The number of nitrogens with zero attached hydrogens (tertiary/aromatic N) is 1. The second kappa shape index (κ2) is 8.86. The van der Waals surface area contributed by atoms with Crippen molar-refractivity contribution in [1.29, 1.82) is 0 Å². The minimum Gasteiger partial charge on any atom is -0.351 e. The molecule has 132 valence electrons. The van der Waals surface area contributed by atoms with E-state index in [1.807, 2.05) is 42.5 Å². The van der Waals surface area contributed by atoms with Gasteiger partial charge < -0.3 is 10.6 Å². The van der Waals surface area contributed by atoms with Crippen LogP contribution >= 0.6 is 0 Å².